The van der Waals surface area contributed by atoms with Gasteiger partial charge in [-0.25, -0.2) is 0 Å². The van der Waals surface area contributed by atoms with Gasteiger partial charge in [-0.1, -0.05) is 23.7 Å². The van der Waals surface area contributed by atoms with Crippen molar-refractivity contribution in [2.45, 2.75) is 44.9 Å². The number of carbonyl (C=O) groups excluding carboxylic acids is 2. The van der Waals surface area contributed by atoms with E-state index in [1.807, 2.05) is 11.0 Å². The Morgan fingerprint density at radius 1 is 1.00 bits per heavy atom. The molecule has 0 unspecified atom stereocenters. The van der Waals surface area contributed by atoms with Crippen LogP contribution >= 0.6 is 11.6 Å². The van der Waals surface area contributed by atoms with Crippen molar-refractivity contribution >= 4 is 29.3 Å². The van der Waals surface area contributed by atoms with Gasteiger partial charge in [0.05, 0.1) is 15.9 Å². The number of hydrogen-bond acceptors (Lipinski definition) is 3. The third kappa shape index (κ3) is 2.96. The highest BCUT2D eigenvalue weighted by Gasteiger charge is 2.62. The monoisotopic (exact) mass is 389 g/mol. The van der Waals surface area contributed by atoms with Crippen molar-refractivity contribution in [1.82, 2.24) is 4.90 Å². The summed E-state index contributed by atoms with van der Waals surface area (Å²) in [6, 6.07) is 7.09. The highest BCUT2D eigenvalue weighted by atomic mass is 35.5. The van der Waals surface area contributed by atoms with Crippen molar-refractivity contribution in [2.75, 3.05) is 13.1 Å². The molecule has 1 aromatic carbocycles. The van der Waals surface area contributed by atoms with Crippen molar-refractivity contribution in [1.29, 1.82) is 0 Å². The number of amides is 1. The van der Waals surface area contributed by atoms with Gasteiger partial charge in [-0.15, -0.1) is 0 Å². The van der Waals surface area contributed by atoms with E-state index in [4.69, 9.17) is 11.6 Å². The molecule has 27 heavy (non-hydrogen) atoms. The van der Waals surface area contributed by atoms with Gasteiger partial charge in [0.25, 0.3) is 0 Å². The number of nitrogens with zero attached hydrogens (tertiary/aromatic N) is 1. The number of carboxylic acid groups (broad SMARTS) is 1. The second kappa shape index (κ2) is 6.62. The molecule has 3 aliphatic rings. The second-order valence-corrected chi connectivity index (χ2v) is 8.86. The Balaban J connectivity index is 1.40. The first-order valence-corrected chi connectivity index (χ1v) is 10.1. The van der Waals surface area contributed by atoms with E-state index < -0.39 is 16.8 Å². The van der Waals surface area contributed by atoms with E-state index in [0.29, 0.717) is 68.6 Å². The molecule has 1 heterocycles. The maximum Gasteiger partial charge on any atom is 0.309 e. The first kappa shape index (κ1) is 18.5. The van der Waals surface area contributed by atoms with E-state index in [9.17, 15) is 19.5 Å². The van der Waals surface area contributed by atoms with Gasteiger partial charge in [0, 0.05) is 24.6 Å². The van der Waals surface area contributed by atoms with Gasteiger partial charge in [0.15, 0.2) is 5.78 Å². The number of carbonyl (C=O) groups is 3. The number of fused-ring (bicyclic) bond motifs is 2. The molecule has 2 saturated carbocycles. The predicted octanol–water partition coefficient (Wildman–Crippen LogP) is 3.80. The number of carboxylic acids is 1. The number of aliphatic carboxylic acids is 1. The average molecular weight is 390 g/mol. The molecule has 1 N–H and O–H groups in total. The van der Waals surface area contributed by atoms with Gasteiger partial charge in [0.2, 0.25) is 5.91 Å². The van der Waals surface area contributed by atoms with Gasteiger partial charge in [-0.05, 0) is 57.1 Å². The van der Waals surface area contributed by atoms with Crippen LogP contribution in [0.15, 0.2) is 24.3 Å². The number of benzene rings is 1. The van der Waals surface area contributed by atoms with E-state index in [0.717, 1.165) is 0 Å². The standard InChI is InChI=1S/C21H24ClNO4/c22-16-4-2-1-3-15(16)17(24)14-5-11-23(12-6-14)18(25)20-7-9-21(13-20,10-8-20)19(26)27/h1-4,14H,5-13H2,(H,26,27). The Bertz CT molecular complexity index is 789. The lowest BCUT2D eigenvalue weighted by Gasteiger charge is -2.37. The van der Waals surface area contributed by atoms with Crippen LogP contribution in [0.4, 0.5) is 0 Å². The fourth-order valence-corrected chi connectivity index (χ4v) is 5.58. The van der Waals surface area contributed by atoms with E-state index >= 15 is 0 Å². The van der Waals surface area contributed by atoms with Gasteiger partial charge >= 0.3 is 5.97 Å². The third-order valence-corrected chi connectivity index (χ3v) is 7.37. The van der Waals surface area contributed by atoms with Crippen molar-refractivity contribution in [3.05, 3.63) is 34.9 Å². The maximum atomic E-state index is 13.2. The molecule has 1 saturated heterocycles. The van der Waals surface area contributed by atoms with Crippen LogP contribution in [0.1, 0.15) is 55.3 Å². The van der Waals surface area contributed by atoms with Gasteiger partial charge in [0.1, 0.15) is 0 Å². The summed E-state index contributed by atoms with van der Waals surface area (Å²) >= 11 is 6.15. The smallest absolute Gasteiger partial charge is 0.309 e. The van der Waals surface area contributed by atoms with E-state index in [-0.39, 0.29) is 17.6 Å². The second-order valence-electron chi connectivity index (χ2n) is 8.45. The summed E-state index contributed by atoms with van der Waals surface area (Å²) in [5.74, 6) is -0.709. The molecule has 1 aromatic rings. The van der Waals surface area contributed by atoms with Crippen LogP contribution in [-0.2, 0) is 9.59 Å². The largest absolute Gasteiger partial charge is 0.481 e. The number of Topliss-reactive ketones (excluding diaryl/α,β-unsaturated/α-hetero) is 1. The summed E-state index contributed by atoms with van der Waals surface area (Å²) < 4.78 is 0. The molecule has 3 fully saturated rings. The topological polar surface area (TPSA) is 74.7 Å². The van der Waals surface area contributed by atoms with Gasteiger partial charge < -0.3 is 10.0 Å². The zero-order chi connectivity index (χ0) is 19.2. The fourth-order valence-electron chi connectivity index (χ4n) is 5.35. The summed E-state index contributed by atoms with van der Waals surface area (Å²) in [6.45, 7) is 1.11. The van der Waals surface area contributed by atoms with E-state index in [2.05, 4.69) is 0 Å². The summed E-state index contributed by atoms with van der Waals surface area (Å²) in [4.78, 5) is 39.4. The van der Waals surface area contributed by atoms with Crippen LogP contribution in [0, 0.1) is 16.7 Å². The molecule has 0 spiro atoms. The molecule has 6 heteroatoms. The zero-order valence-corrected chi connectivity index (χ0v) is 16.0. The molecule has 4 rings (SSSR count). The molecule has 0 radical (unpaired) electrons. The predicted molar refractivity (Wildman–Crippen MR) is 101 cm³/mol. The molecule has 0 atom stereocenters. The van der Waals surface area contributed by atoms with Crippen molar-refractivity contribution in [3.8, 4) is 0 Å². The molecule has 144 valence electrons. The molecule has 2 aliphatic carbocycles. The number of piperidine rings is 1. The lowest BCUT2D eigenvalue weighted by Crippen LogP contribution is -2.46. The fraction of sp³-hybridized carbons (Fsp3) is 0.571. The number of ketones is 1. The van der Waals surface area contributed by atoms with Crippen molar-refractivity contribution in [2.24, 2.45) is 16.7 Å². The summed E-state index contributed by atoms with van der Waals surface area (Å²) in [5, 5.41) is 10.0. The Hall–Kier alpha value is -1.88. The first-order chi connectivity index (χ1) is 12.9. The quantitative estimate of drug-likeness (QED) is 0.795. The number of likely N-dealkylation sites (tertiary alicyclic amines) is 1. The van der Waals surface area contributed by atoms with Crippen LogP contribution in [-0.4, -0.2) is 40.8 Å². The number of hydrogen-bond donors (Lipinski definition) is 1. The highest BCUT2D eigenvalue weighted by molar-refractivity contribution is 6.34. The third-order valence-electron chi connectivity index (χ3n) is 7.04. The van der Waals surface area contributed by atoms with Crippen molar-refractivity contribution in [3.63, 3.8) is 0 Å². The highest BCUT2D eigenvalue weighted by Crippen LogP contribution is 2.62. The van der Waals surface area contributed by atoms with Gasteiger partial charge in [-0.3, -0.25) is 14.4 Å². The molecular weight excluding hydrogens is 366 g/mol. The summed E-state index contributed by atoms with van der Waals surface area (Å²) in [5.41, 5.74) is -0.619. The van der Waals surface area contributed by atoms with Crippen LogP contribution in [0.3, 0.4) is 0 Å². The Labute approximate surface area is 163 Å². The Morgan fingerprint density at radius 3 is 2.15 bits per heavy atom. The van der Waals surface area contributed by atoms with Gasteiger partial charge in [-0.2, -0.15) is 0 Å². The minimum absolute atomic E-state index is 0.0532. The zero-order valence-electron chi connectivity index (χ0n) is 15.2. The lowest BCUT2D eigenvalue weighted by molar-refractivity contribution is -0.148. The van der Waals surface area contributed by atoms with Crippen molar-refractivity contribution < 1.29 is 19.5 Å². The minimum Gasteiger partial charge on any atom is -0.481 e. The normalized spacial score (nSPS) is 30.5. The summed E-state index contributed by atoms with van der Waals surface area (Å²) in [7, 11) is 0. The minimum atomic E-state index is -0.751. The van der Waals surface area contributed by atoms with Crippen LogP contribution in [0.5, 0.6) is 0 Å². The average Bonchev–Trinajstić information content (AvgIpc) is 3.27. The van der Waals surface area contributed by atoms with E-state index in [1.54, 1.807) is 18.2 Å². The number of rotatable bonds is 4. The first-order valence-electron chi connectivity index (χ1n) is 9.68. The SMILES string of the molecule is O=C(c1ccccc1Cl)C1CCN(C(=O)C23CCC(C(=O)O)(CC2)C3)CC1. The lowest BCUT2D eigenvalue weighted by atomic mass is 9.80. The molecule has 1 amide bonds. The molecule has 2 bridgehead atoms. The molecule has 1 aliphatic heterocycles. The van der Waals surface area contributed by atoms with Crippen LogP contribution in [0.2, 0.25) is 5.02 Å². The van der Waals surface area contributed by atoms with Crippen LogP contribution < -0.4 is 0 Å². The maximum absolute atomic E-state index is 13.2. The molecular formula is C21H24ClNO4. The van der Waals surface area contributed by atoms with E-state index in [1.165, 1.54) is 0 Å². The molecule has 0 aromatic heterocycles. The Kier molecular flexibility index (Phi) is 4.53. The Morgan fingerprint density at radius 2 is 1.59 bits per heavy atom. The molecule has 5 nitrogen and oxygen atoms in total. The summed E-state index contributed by atoms with van der Waals surface area (Å²) in [6.07, 6.45) is 4.32. The number of halogens is 1. The van der Waals surface area contributed by atoms with Crippen LogP contribution in [0.25, 0.3) is 0 Å².